The molecule has 0 amide bonds. The monoisotopic (exact) mass is 237 g/mol. The number of nitriles is 1. The minimum atomic E-state index is 0.644. The van der Waals surface area contributed by atoms with Crippen LogP contribution in [0.2, 0.25) is 0 Å². The first kappa shape index (κ1) is 10.3. The van der Waals surface area contributed by atoms with Gasteiger partial charge in [0.2, 0.25) is 0 Å². The van der Waals surface area contributed by atoms with Gasteiger partial charge in [-0.3, -0.25) is 0 Å². The predicted octanol–water partition coefficient (Wildman–Crippen LogP) is 3.60. The molecule has 0 bridgehead atoms. The molecule has 2 heteroatoms. The van der Waals surface area contributed by atoms with Gasteiger partial charge in [0.1, 0.15) is 0 Å². The molecule has 0 radical (unpaired) electrons. The molecule has 0 aliphatic heterocycles. The van der Waals surface area contributed by atoms with Crippen LogP contribution >= 0.6 is 15.9 Å². The number of hydrogen-bond donors (Lipinski definition) is 0. The zero-order valence-corrected chi connectivity index (χ0v) is 9.26. The fourth-order valence-electron chi connectivity index (χ4n) is 1.16. The van der Waals surface area contributed by atoms with Gasteiger partial charge in [-0.1, -0.05) is 28.1 Å². The molecule has 0 fully saturated rings. The Balaban J connectivity index is 2.59. The Bertz CT molecular complexity index is 325. The Morgan fingerprint density at radius 3 is 2.85 bits per heavy atom. The number of halogens is 1. The van der Waals surface area contributed by atoms with Crippen molar-refractivity contribution in [1.29, 1.82) is 5.26 Å². The Hall–Kier alpha value is -0.810. The van der Waals surface area contributed by atoms with Gasteiger partial charge in [-0.25, -0.2) is 0 Å². The summed E-state index contributed by atoms with van der Waals surface area (Å²) in [6.45, 7) is 2.07. The summed E-state index contributed by atoms with van der Waals surface area (Å²) in [6.07, 6.45) is 2.59. The largest absolute Gasteiger partial charge is 0.198 e. The number of aryl methyl sites for hydroxylation is 2. The zero-order chi connectivity index (χ0) is 9.68. The van der Waals surface area contributed by atoms with Crippen LogP contribution in [-0.2, 0) is 6.42 Å². The fraction of sp³-hybridized carbons (Fsp3) is 0.364. The Morgan fingerprint density at radius 2 is 2.23 bits per heavy atom. The third kappa shape index (κ3) is 3.20. The van der Waals surface area contributed by atoms with E-state index in [1.165, 1.54) is 11.1 Å². The highest BCUT2D eigenvalue weighted by Crippen LogP contribution is 2.18. The summed E-state index contributed by atoms with van der Waals surface area (Å²) in [5.41, 5.74) is 2.55. The summed E-state index contributed by atoms with van der Waals surface area (Å²) in [5, 5.41) is 8.38. The summed E-state index contributed by atoms with van der Waals surface area (Å²) in [6, 6.07) is 8.51. The lowest BCUT2D eigenvalue weighted by Gasteiger charge is -2.02. The molecule has 1 rings (SSSR count). The minimum Gasteiger partial charge on any atom is -0.198 e. The van der Waals surface area contributed by atoms with E-state index in [1.54, 1.807) is 0 Å². The molecule has 0 saturated carbocycles. The van der Waals surface area contributed by atoms with Crippen LogP contribution in [0.4, 0.5) is 0 Å². The normalized spacial score (nSPS) is 9.62. The molecular weight excluding hydrogens is 226 g/mol. The molecule has 1 aromatic rings. The summed E-state index contributed by atoms with van der Waals surface area (Å²) in [5.74, 6) is 0. The minimum absolute atomic E-state index is 0.644. The highest BCUT2D eigenvalue weighted by atomic mass is 79.9. The molecule has 1 nitrogen and oxygen atoms in total. The van der Waals surface area contributed by atoms with E-state index in [1.807, 2.05) is 0 Å². The van der Waals surface area contributed by atoms with E-state index < -0.39 is 0 Å². The van der Waals surface area contributed by atoms with Gasteiger partial charge in [0.15, 0.2) is 0 Å². The second kappa shape index (κ2) is 5.04. The maximum absolute atomic E-state index is 8.38. The number of benzene rings is 1. The molecule has 68 valence electrons. The van der Waals surface area contributed by atoms with Gasteiger partial charge in [0.25, 0.3) is 0 Å². The second-order valence-corrected chi connectivity index (χ2v) is 3.95. The summed E-state index contributed by atoms with van der Waals surface area (Å²) < 4.78 is 1.15. The van der Waals surface area contributed by atoms with Crippen molar-refractivity contribution in [2.75, 3.05) is 0 Å². The molecular formula is C11H12BrN. The van der Waals surface area contributed by atoms with Crippen LogP contribution in [0.25, 0.3) is 0 Å². The van der Waals surface area contributed by atoms with Crippen LogP contribution < -0.4 is 0 Å². The van der Waals surface area contributed by atoms with Crippen molar-refractivity contribution >= 4 is 15.9 Å². The van der Waals surface area contributed by atoms with Gasteiger partial charge in [-0.15, -0.1) is 0 Å². The van der Waals surface area contributed by atoms with E-state index in [0.717, 1.165) is 17.3 Å². The average Bonchev–Trinajstić information content (AvgIpc) is 2.12. The summed E-state index contributed by atoms with van der Waals surface area (Å²) in [4.78, 5) is 0. The van der Waals surface area contributed by atoms with Crippen LogP contribution in [-0.4, -0.2) is 0 Å². The first-order valence-corrected chi connectivity index (χ1v) is 5.15. The fourth-order valence-corrected chi connectivity index (χ4v) is 1.59. The lowest BCUT2D eigenvalue weighted by Crippen LogP contribution is -1.86. The topological polar surface area (TPSA) is 23.8 Å². The molecule has 0 N–H and O–H groups in total. The molecule has 0 heterocycles. The molecule has 0 aliphatic rings. The van der Waals surface area contributed by atoms with Gasteiger partial charge < -0.3 is 0 Å². The van der Waals surface area contributed by atoms with Crippen LogP contribution in [0.15, 0.2) is 22.7 Å². The number of unbranched alkanes of at least 4 members (excludes halogenated alkanes) is 1. The van der Waals surface area contributed by atoms with Crippen molar-refractivity contribution in [1.82, 2.24) is 0 Å². The Kier molecular flexibility index (Phi) is 3.98. The van der Waals surface area contributed by atoms with Crippen LogP contribution in [0.1, 0.15) is 24.0 Å². The molecule has 1 aromatic carbocycles. The van der Waals surface area contributed by atoms with E-state index in [2.05, 4.69) is 47.1 Å². The highest BCUT2D eigenvalue weighted by Gasteiger charge is 1.97. The van der Waals surface area contributed by atoms with Crippen LogP contribution in [0, 0.1) is 18.3 Å². The second-order valence-electron chi connectivity index (χ2n) is 3.10. The quantitative estimate of drug-likeness (QED) is 0.738. The molecule has 0 unspecified atom stereocenters. The molecule has 0 aromatic heterocycles. The van der Waals surface area contributed by atoms with Crippen LogP contribution in [0.5, 0.6) is 0 Å². The molecule has 0 saturated heterocycles. The molecule has 0 aliphatic carbocycles. The zero-order valence-electron chi connectivity index (χ0n) is 7.68. The third-order valence-corrected chi connectivity index (χ3v) is 2.84. The Labute approximate surface area is 87.5 Å². The summed E-state index contributed by atoms with van der Waals surface area (Å²) >= 11 is 3.49. The van der Waals surface area contributed by atoms with E-state index in [4.69, 9.17) is 5.26 Å². The van der Waals surface area contributed by atoms with Gasteiger partial charge >= 0.3 is 0 Å². The maximum Gasteiger partial charge on any atom is 0.0621 e. The number of rotatable bonds is 3. The van der Waals surface area contributed by atoms with Gasteiger partial charge in [-0.2, -0.15) is 5.26 Å². The third-order valence-electron chi connectivity index (χ3n) is 1.99. The van der Waals surface area contributed by atoms with E-state index in [9.17, 15) is 0 Å². The number of hydrogen-bond acceptors (Lipinski definition) is 1. The van der Waals surface area contributed by atoms with Crippen molar-refractivity contribution in [2.45, 2.75) is 26.2 Å². The first-order chi connectivity index (χ1) is 6.24. The first-order valence-electron chi connectivity index (χ1n) is 4.36. The van der Waals surface area contributed by atoms with Gasteiger partial charge in [-0.05, 0) is 37.0 Å². The lowest BCUT2D eigenvalue weighted by molar-refractivity contribution is 0.849. The molecule has 0 atom stereocenters. The standard InChI is InChI=1S/C11H12BrN/c1-9-5-6-10(8-11(9)12)4-2-3-7-13/h5-6,8H,2-4H2,1H3. The molecule has 0 spiro atoms. The van der Waals surface area contributed by atoms with E-state index in [0.29, 0.717) is 6.42 Å². The van der Waals surface area contributed by atoms with Crippen molar-refractivity contribution in [2.24, 2.45) is 0 Å². The van der Waals surface area contributed by atoms with E-state index in [-0.39, 0.29) is 0 Å². The summed E-state index contributed by atoms with van der Waals surface area (Å²) in [7, 11) is 0. The SMILES string of the molecule is Cc1ccc(CCCC#N)cc1Br. The van der Waals surface area contributed by atoms with Crippen molar-refractivity contribution in [3.05, 3.63) is 33.8 Å². The van der Waals surface area contributed by atoms with Crippen LogP contribution in [0.3, 0.4) is 0 Å². The predicted molar refractivity (Wildman–Crippen MR) is 57.4 cm³/mol. The highest BCUT2D eigenvalue weighted by molar-refractivity contribution is 9.10. The van der Waals surface area contributed by atoms with Crippen molar-refractivity contribution < 1.29 is 0 Å². The molecule has 13 heavy (non-hydrogen) atoms. The van der Waals surface area contributed by atoms with Gasteiger partial charge in [0, 0.05) is 10.9 Å². The average molecular weight is 238 g/mol. The van der Waals surface area contributed by atoms with Gasteiger partial charge in [0.05, 0.1) is 6.07 Å². The Morgan fingerprint density at radius 1 is 1.46 bits per heavy atom. The lowest BCUT2D eigenvalue weighted by atomic mass is 10.1. The number of nitrogens with zero attached hydrogens (tertiary/aromatic N) is 1. The van der Waals surface area contributed by atoms with E-state index >= 15 is 0 Å². The van der Waals surface area contributed by atoms with Crippen molar-refractivity contribution in [3.8, 4) is 6.07 Å². The maximum atomic E-state index is 8.38. The van der Waals surface area contributed by atoms with Crippen molar-refractivity contribution in [3.63, 3.8) is 0 Å². The smallest absolute Gasteiger partial charge is 0.0621 e.